The van der Waals surface area contributed by atoms with Crippen LogP contribution in [-0.2, 0) is 11.2 Å². The molecule has 1 heterocycles. The molecule has 0 saturated carbocycles. The van der Waals surface area contributed by atoms with Crippen LogP contribution in [0.5, 0.6) is 0 Å². The number of amides is 1. The Morgan fingerprint density at radius 3 is 2.23 bits per heavy atom. The number of hydrogen-bond donors (Lipinski definition) is 1. The summed E-state index contributed by atoms with van der Waals surface area (Å²) in [6.07, 6.45) is 0.879. The summed E-state index contributed by atoms with van der Waals surface area (Å²) in [4.78, 5) is 24.1. The number of carboxylic acids is 1. The second kappa shape index (κ2) is 9.43. The maximum absolute atomic E-state index is 13.0. The van der Waals surface area contributed by atoms with Crippen LogP contribution in [0.2, 0.25) is 0 Å². The molecule has 0 unspecified atom stereocenters. The van der Waals surface area contributed by atoms with Gasteiger partial charge in [0.1, 0.15) is 0 Å². The van der Waals surface area contributed by atoms with E-state index in [1.807, 2.05) is 32.0 Å². The smallest absolute Gasteiger partial charge is 0.335 e. The number of benzene rings is 2. The SMILES string of the molecule is CC(C)=NN(C(=O)CCc1cc(C)n(-c2ccccc2)c1C)c1ccc(C(=O)O)cc1. The summed E-state index contributed by atoms with van der Waals surface area (Å²) in [7, 11) is 0. The molecule has 0 fully saturated rings. The number of para-hydroxylation sites is 1. The normalized spacial score (nSPS) is 10.6. The highest BCUT2D eigenvalue weighted by Gasteiger charge is 2.18. The van der Waals surface area contributed by atoms with Crippen molar-refractivity contribution in [2.75, 3.05) is 5.01 Å². The molecule has 1 amide bonds. The van der Waals surface area contributed by atoms with Crippen LogP contribution in [0.25, 0.3) is 5.69 Å². The fraction of sp³-hybridized carbons (Fsp3) is 0.240. The van der Waals surface area contributed by atoms with Crippen molar-refractivity contribution in [2.45, 2.75) is 40.5 Å². The molecular weight excluding hydrogens is 390 g/mol. The van der Waals surface area contributed by atoms with E-state index in [-0.39, 0.29) is 17.9 Å². The lowest BCUT2D eigenvalue weighted by Gasteiger charge is -2.18. The first kappa shape index (κ1) is 22.0. The molecule has 0 atom stereocenters. The van der Waals surface area contributed by atoms with Crippen LogP contribution in [0.4, 0.5) is 5.69 Å². The van der Waals surface area contributed by atoms with Gasteiger partial charge < -0.3 is 9.67 Å². The van der Waals surface area contributed by atoms with E-state index >= 15 is 0 Å². The van der Waals surface area contributed by atoms with E-state index in [9.17, 15) is 9.59 Å². The van der Waals surface area contributed by atoms with Gasteiger partial charge in [-0.15, -0.1) is 0 Å². The quantitative estimate of drug-likeness (QED) is 0.426. The number of rotatable bonds is 7. The lowest BCUT2D eigenvalue weighted by atomic mass is 10.1. The monoisotopic (exact) mass is 417 g/mol. The molecule has 3 aromatic rings. The summed E-state index contributed by atoms with van der Waals surface area (Å²) in [5.41, 5.74) is 5.90. The third kappa shape index (κ3) is 5.09. The number of carbonyl (C=O) groups excluding carboxylic acids is 1. The summed E-state index contributed by atoms with van der Waals surface area (Å²) in [5, 5.41) is 14.8. The molecule has 6 heteroatoms. The second-order valence-electron chi connectivity index (χ2n) is 7.67. The van der Waals surface area contributed by atoms with Gasteiger partial charge in [-0.25, -0.2) is 9.80 Å². The van der Waals surface area contributed by atoms with Gasteiger partial charge in [-0.2, -0.15) is 5.10 Å². The summed E-state index contributed by atoms with van der Waals surface area (Å²) in [5.74, 6) is -1.15. The van der Waals surface area contributed by atoms with E-state index in [1.165, 1.54) is 17.1 Å². The molecule has 160 valence electrons. The van der Waals surface area contributed by atoms with Crippen LogP contribution >= 0.6 is 0 Å². The average molecular weight is 418 g/mol. The van der Waals surface area contributed by atoms with E-state index in [0.29, 0.717) is 12.1 Å². The van der Waals surface area contributed by atoms with Crippen molar-refractivity contribution >= 4 is 23.3 Å². The molecule has 2 aromatic carbocycles. The van der Waals surface area contributed by atoms with E-state index in [1.54, 1.807) is 12.1 Å². The zero-order valence-electron chi connectivity index (χ0n) is 18.3. The standard InChI is InChI=1S/C25H27N3O3/c1-17(2)26-28(23-13-10-20(11-14-23)25(30)31)24(29)15-12-21-16-18(3)27(19(21)4)22-8-6-5-7-9-22/h5-11,13-14,16H,12,15H2,1-4H3,(H,30,31). The number of nitrogens with zero attached hydrogens (tertiary/aromatic N) is 3. The van der Waals surface area contributed by atoms with Crippen LogP contribution in [0.1, 0.15) is 47.6 Å². The van der Waals surface area contributed by atoms with Gasteiger partial charge in [0, 0.05) is 29.2 Å². The largest absolute Gasteiger partial charge is 0.478 e. The maximum Gasteiger partial charge on any atom is 0.335 e. The van der Waals surface area contributed by atoms with Crippen molar-refractivity contribution in [1.82, 2.24) is 4.57 Å². The minimum atomic E-state index is -1.01. The Hall–Kier alpha value is -3.67. The first-order valence-electron chi connectivity index (χ1n) is 10.2. The lowest BCUT2D eigenvalue weighted by Crippen LogP contribution is -2.26. The molecule has 0 aliphatic heterocycles. The molecule has 0 bridgehead atoms. The van der Waals surface area contributed by atoms with Gasteiger partial charge in [0.25, 0.3) is 0 Å². The van der Waals surface area contributed by atoms with Crippen LogP contribution in [0, 0.1) is 13.8 Å². The number of aromatic carboxylic acids is 1. The van der Waals surface area contributed by atoms with Gasteiger partial charge in [-0.1, -0.05) is 18.2 Å². The Morgan fingerprint density at radius 1 is 1.00 bits per heavy atom. The predicted octanol–water partition coefficient (Wildman–Crippen LogP) is 5.15. The highest BCUT2D eigenvalue weighted by atomic mass is 16.4. The molecule has 0 radical (unpaired) electrons. The first-order valence-corrected chi connectivity index (χ1v) is 10.2. The summed E-state index contributed by atoms with van der Waals surface area (Å²) in [6, 6.07) is 18.4. The van der Waals surface area contributed by atoms with Crippen molar-refractivity contribution in [3.05, 3.63) is 83.2 Å². The number of aryl methyl sites for hydroxylation is 2. The average Bonchev–Trinajstić information content (AvgIpc) is 3.04. The first-order chi connectivity index (χ1) is 14.8. The number of hydrazone groups is 1. The maximum atomic E-state index is 13.0. The summed E-state index contributed by atoms with van der Waals surface area (Å²) < 4.78 is 2.19. The highest BCUT2D eigenvalue weighted by molar-refractivity contribution is 5.96. The van der Waals surface area contributed by atoms with Crippen LogP contribution in [0.3, 0.4) is 0 Å². The molecule has 1 N–H and O–H groups in total. The summed E-state index contributed by atoms with van der Waals surface area (Å²) >= 11 is 0. The second-order valence-corrected chi connectivity index (χ2v) is 7.67. The van der Waals surface area contributed by atoms with Crippen molar-refractivity contribution in [3.63, 3.8) is 0 Å². The summed E-state index contributed by atoms with van der Waals surface area (Å²) in [6.45, 7) is 7.77. The van der Waals surface area contributed by atoms with Gasteiger partial charge in [0.2, 0.25) is 5.91 Å². The number of carbonyl (C=O) groups is 2. The van der Waals surface area contributed by atoms with Crippen LogP contribution in [0.15, 0.2) is 65.8 Å². The molecular formula is C25H27N3O3. The van der Waals surface area contributed by atoms with Gasteiger partial charge in [0.15, 0.2) is 0 Å². The molecule has 0 aliphatic carbocycles. The molecule has 3 rings (SSSR count). The third-order valence-corrected chi connectivity index (χ3v) is 5.05. The Kier molecular flexibility index (Phi) is 6.70. The molecule has 0 saturated heterocycles. The minimum Gasteiger partial charge on any atom is -0.478 e. The van der Waals surface area contributed by atoms with E-state index in [2.05, 4.69) is 41.7 Å². The number of aromatic nitrogens is 1. The van der Waals surface area contributed by atoms with Crippen molar-refractivity contribution in [3.8, 4) is 5.69 Å². The Labute approximate surface area is 182 Å². The fourth-order valence-corrected chi connectivity index (χ4v) is 3.61. The van der Waals surface area contributed by atoms with E-state index < -0.39 is 5.97 Å². The molecule has 0 spiro atoms. The van der Waals surface area contributed by atoms with Crippen molar-refractivity contribution < 1.29 is 14.7 Å². The van der Waals surface area contributed by atoms with Crippen LogP contribution in [-0.4, -0.2) is 27.3 Å². The van der Waals surface area contributed by atoms with Gasteiger partial charge in [-0.05, 0) is 82.1 Å². The molecule has 6 nitrogen and oxygen atoms in total. The van der Waals surface area contributed by atoms with E-state index in [0.717, 1.165) is 28.4 Å². The highest BCUT2D eigenvalue weighted by Crippen LogP contribution is 2.23. The fourth-order valence-electron chi connectivity index (χ4n) is 3.61. The van der Waals surface area contributed by atoms with Crippen molar-refractivity contribution in [1.29, 1.82) is 0 Å². The Balaban J connectivity index is 1.80. The molecule has 1 aromatic heterocycles. The van der Waals surface area contributed by atoms with Gasteiger partial charge in [-0.3, -0.25) is 4.79 Å². The zero-order chi connectivity index (χ0) is 22.5. The Bertz CT molecular complexity index is 1110. The minimum absolute atomic E-state index is 0.145. The predicted molar refractivity (Wildman–Crippen MR) is 123 cm³/mol. The van der Waals surface area contributed by atoms with Gasteiger partial charge in [0.05, 0.1) is 11.3 Å². The molecule has 31 heavy (non-hydrogen) atoms. The van der Waals surface area contributed by atoms with Crippen LogP contribution < -0.4 is 5.01 Å². The molecule has 0 aliphatic rings. The zero-order valence-corrected chi connectivity index (χ0v) is 18.3. The number of hydrogen-bond acceptors (Lipinski definition) is 3. The number of carboxylic acid groups (broad SMARTS) is 1. The Morgan fingerprint density at radius 2 is 1.65 bits per heavy atom. The number of anilines is 1. The van der Waals surface area contributed by atoms with E-state index in [4.69, 9.17) is 5.11 Å². The lowest BCUT2D eigenvalue weighted by molar-refractivity contribution is -0.118. The van der Waals surface area contributed by atoms with Gasteiger partial charge >= 0.3 is 5.97 Å². The van der Waals surface area contributed by atoms with Crippen molar-refractivity contribution in [2.24, 2.45) is 5.10 Å². The third-order valence-electron chi connectivity index (χ3n) is 5.05. The topological polar surface area (TPSA) is 74.9 Å².